The minimum Gasteiger partial charge on any atom is -0.366 e. The molecule has 0 radical (unpaired) electrons. The van der Waals surface area contributed by atoms with E-state index in [1.54, 1.807) is 12.1 Å². The standard InChI is InChI=1S/C14H13ClN4/c1-10-7-13(15)18-14(17-10)9-19(2)12-6-4-3-5-11(12)8-16/h3-7H,9H2,1-2H3. The number of rotatable bonds is 3. The highest BCUT2D eigenvalue weighted by Crippen LogP contribution is 2.19. The van der Waals surface area contributed by atoms with Gasteiger partial charge in [0.1, 0.15) is 17.0 Å². The first-order valence-corrected chi connectivity index (χ1v) is 6.18. The first-order chi connectivity index (χ1) is 9.10. The van der Waals surface area contributed by atoms with E-state index in [1.165, 1.54) is 0 Å². The summed E-state index contributed by atoms with van der Waals surface area (Å²) in [4.78, 5) is 10.5. The minimum absolute atomic E-state index is 0.435. The second-order valence-electron chi connectivity index (χ2n) is 4.23. The Morgan fingerprint density at radius 2 is 2.05 bits per heavy atom. The van der Waals surface area contributed by atoms with Gasteiger partial charge in [0.2, 0.25) is 0 Å². The smallest absolute Gasteiger partial charge is 0.149 e. The van der Waals surface area contributed by atoms with Crippen molar-refractivity contribution in [3.63, 3.8) is 0 Å². The van der Waals surface area contributed by atoms with Gasteiger partial charge in [-0.1, -0.05) is 23.7 Å². The molecule has 2 rings (SSSR count). The Bertz CT molecular complexity index is 613. The van der Waals surface area contributed by atoms with Crippen LogP contribution in [0.1, 0.15) is 17.1 Å². The van der Waals surface area contributed by atoms with Crippen LogP contribution in [0.3, 0.4) is 0 Å². The number of hydrogen-bond donors (Lipinski definition) is 0. The molecule has 4 nitrogen and oxygen atoms in total. The molecule has 0 amide bonds. The number of nitriles is 1. The van der Waals surface area contributed by atoms with Gasteiger partial charge < -0.3 is 4.90 Å². The molecule has 0 fully saturated rings. The van der Waals surface area contributed by atoms with Gasteiger partial charge in [-0.05, 0) is 25.1 Å². The van der Waals surface area contributed by atoms with E-state index in [0.717, 1.165) is 11.4 Å². The highest BCUT2D eigenvalue weighted by molar-refractivity contribution is 6.29. The molecule has 0 spiro atoms. The van der Waals surface area contributed by atoms with E-state index < -0.39 is 0 Å². The van der Waals surface area contributed by atoms with Gasteiger partial charge in [0.15, 0.2) is 0 Å². The van der Waals surface area contributed by atoms with E-state index in [1.807, 2.05) is 37.1 Å². The Morgan fingerprint density at radius 1 is 1.32 bits per heavy atom. The molecule has 5 heteroatoms. The summed E-state index contributed by atoms with van der Waals surface area (Å²) in [7, 11) is 1.90. The fraction of sp³-hybridized carbons (Fsp3) is 0.214. The van der Waals surface area contributed by atoms with Crippen LogP contribution in [-0.2, 0) is 6.54 Å². The fourth-order valence-electron chi connectivity index (χ4n) is 1.86. The third-order valence-corrected chi connectivity index (χ3v) is 2.88. The maximum Gasteiger partial charge on any atom is 0.149 e. The average Bonchev–Trinajstić information content (AvgIpc) is 2.37. The molecule has 19 heavy (non-hydrogen) atoms. The molecule has 96 valence electrons. The summed E-state index contributed by atoms with van der Waals surface area (Å²) in [5.41, 5.74) is 2.31. The van der Waals surface area contributed by atoms with Crippen molar-refractivity contribution in [2.45, 2.75) is 13.5 Å². The summed E-state index contributed by atoms with van der Waals surface area (Å²) in [5.74, 6) is 0.639. The maximum atomic E-state index is 9.09. The van der Waals surface area contributed by atoms with E-state index in [0.29, 0.717) is 23.1 Å². The molecule has 0 atom stereocenters. The van der Waals surface area contributed by atoms with Gasteiger partial charge in [0.05, 0.1) is 17.8 Å². The topological polar surface area (TPSA) is 52.8 Å². The molecular formula is C14H13ClN4. The van der Waals surface area contributed by atoms with Crippen LogP contribution >= 0.6 is 11.6 Å². The predicted octanol–water partition coefficient (Wildman–Crippen LogP) is 2.95. The van der Waals surface area contributed by atoms with Crippen LogP contribution in [-0.4, -0.2) is 17.0 Å². The van der Waals surface area contributed by atoms with Gasteiger partial charge in [-0.3, -0.25) is 0 Å². The van der Waals surface area contributed by atoms with Crippen molar-refractivity contribution in [1.82, 2.24) is 9.97 Å². The van der Waals surface area contributed by atoms with Crippen LogP contribution in [0.2, 0.25) is 5.15 Å². The second-order valence-corrected chi connectivity index (χ2v) is 4.62. The lowest BCUT2D eigenvalue weighted by molar-refractivity contribution is 0.827. The van der Waals surface area contributed by atoms with E-state index in [9.17, 15) is 0 Å². The Hall–Kier alpha value is -2.12. The van der Waals surface area contributed by atoms with Crippen molar-refractivity contribution in [3.8, 4) is 6.07 Å². The molecular weight excluding hydrogens is 260 g/mol. The van der Waals surface area contributed by atoms with Crippen LogP contribution in [0, 0.1) is 18.3 Å². The molecule has 0 aliphatic carbocycles. The van der Waals surface area contributed by atoms with Crippen molar-refractivity contribution in [3.05, 3.63) is 52.6 Å². The molecule has 2 aromatic rings. The number of benzene rings is 1. The summed E-state index contributed by atoms with van der Waals surface area (Å²) >= 11 is 5.92. The van der Waals surface area contributed by atoms with E-state index in [-0.39, 0.29) is 0 Å². The number of aryl methyl sites for hydroxylation is 1. The highest BCUT2D eigenvalue weighted by Gasteiger charge is 2.09. The molecule has 0 unspecified atom stereocenters. The first kappa shape index (κ1) is 13.3. The normalized spacial score (nSPS) is 10.0. The van der Waals surface area contributed by atoms with Crippen molar-refractivity contribution in [2.75, 3.05) is 11.9 Å². The zero-order valence-electron chi connectivity index (χ0n) is 10.8. The van der Waals surface area contributed by atoms with Crippen LogP contribution in [0.5, 0.6) is 0 Å². The third kappa shape index (κ3) is 3.21. The van der Waals surface area contributed by atoms with Crippen LogP contribution in [0.25, 0.3) is 0 Å². The molecule has 0 aliphatic heterocycles. The summed E-state index contributed by atoms with van der Waals surface area (Å²) in [5, 5.41) is 9.53. The SMILES string of the molecule is Cc1cc(Cl)nc(CN(C)c2ccccc2C#N)n1. The number of hydrogen-bond acceptors (Lipinski definition) is 4. The number of halogens is 1. The average molecular weight is 273 g/mol. The van der Waals surface area contributed by atoms with Gasteiger partial charge in [-0.2, -0.15) is 5.26 Å². The molecule has 1 heterocycles. The number of nitrogens with zero attached hydrogens (tertiary/aromatic N) is 4. The van der Waals surface area contributed by atoms with Crippen molar-refractivity contribution in [2.24, 2.45) is 0 Å². The Labute approximate surface area is 117 Å². The van der Waals surface area contributed by atoms with E-state index in [4.69, 9.17) is 16.9 Å². The Morgan fingerprint density at radius 3 is 2.74 bits per heavy atom. The largest absolute Gasteiger partial charge is 0.366 e. The fourth-order valence-corrected chi connectivity index (χ4v) is 2.11. The zero-order chi connectivity index (χ0) is 13.8. The maximum absolute atomic E-state index is 9.09. The van der Waals surface area contributed by atoms with Gasteiger partial charge in [-0.15, -0.1) is 0 Å². The van der Waals surface area contributed by atoms with Crippen molar-refractivity contribution >= 4 is 17.3 Å². The molecule has 0 aliphatic rings. The summed E-state index contributed by atoms with van der Waals surface area (Å²) < 4.78 is 0. The molecule has 0 bridgehead atoms. The first-order valence-electron chi connectivity index (χ1n) is 5.80. The lowest BCUT2D eigenvalue weighted by Gasteiger charge is -2.19. The summed E-state index contributed by atoms with van der Waals surface area (Å²) in [6, 6.07) is 11.3. The lowest BCUT2D eigenvalue weighted by Crippen LogP contribution is -2.19. The van der Waals surface area contributed by atoms with Crippen LogP contribution in [0.4, 0.5) is 5.69 Å². The second kappa shape index (κ2) is 5.68. The quantitative estimate of drug-likeness (QED) is 0.806. The Balaban J connectivity index is 2.26. The summed E-state index contributed by atoms with van der Waals surface area (Å²) in [6.45, 7) is 2.38. The summed E-state index contributed by atoms with van der Waals surface area (Å²) in [6.07, 6.45) is 0. The van der Waals surface area contributed by atoms with E-state index in [2.05, 4.69) is 16.0 Å². The van der Waals surface area contributed by atoms with Crippen molar-refractivity contribution < 1.29 is 0 Å². The zero-order valence-corrected chi connectivity index (χ0v) is 11.5. The highest BCUT2D eigenvalue weighted by atomic mass is 35.5. The lowest BCUT2D eigenvalue weighted by atomic mass is 10.2. The van der Waals surface area contributed by atoms with Crippen LogP contribution in [0.15, 0.2) is 30.3 Å². The van der Waals surface area contributed by atoms with Gasteiger partial charge in [-0.25, -0.2) is 9.97 Å². The van der Waals surface area contributed by atoms with Crippen LogP contribution < -0.4 is 4.90 Å². The monoisotopic (exact) mass is 272 g/mol. The molecule has 1 aromatic carbocycles. The van der Waals surface area contributed by atoms with E-state index >= 15 is 0 Å². The Kier molecular flexibility index (Phi) is 3.98. The van der Waals surface area contributed by atoms with Gasteiger partial charge >= 0.3 is 0 Å². The number of anilines is 1. The van der Waals surface area contributed by atoms with Gasteiger partial charge in [0.25, 0.3) is 0 Å². The van der Waals surface area contributed by atoms with Crippen molar-refractivity contribution in [1.29, 1.82) is 5.26 Å². The number of para-hydroxylation sites is 1. The molecule has 0 N–H and O–H groups in total. The minimum atomic E-state index is 0.435. The third-order valence-electron chi connectivity index (χ3n) is 2.68. The molecule has 1 aromatic heterocycles. The molecule has 0 saturated heterocycles. The number of aromatic nitrogens is 2. The molecule has 0 saturated carbocycles. The predicted molar refractivity (Wildman–Crippen MR) is 75.0 cm³/mol. The van der Waals surface area contributed by atoms with Gasteiger partial charge in [0, 0.05) is 12.7 Å².